The van der Waals surface area contributed by atoms with Gasteiger partial charge in [0, 0.05) is 17.1 Å². The number of para-hydroxylation sites is 1. The Morgan fingerprint density at radius 3 is 2.78 bits per heavy atom. The molecule has 0 saturated heterocycles. The highest BCUT2D eigenvalue weighted by Crippen LogP contribution is 2.14. The molecule has 0 radical (unpaired) electrons. The maximum atomic E-state index is 12.0. The van der Waals surface area contributed by atoms with Gasteiger partial charge in [-0.25, -0.2) is 4.98 Å². The number of esters is 1. The molecule has 1 amide bonds. The summed E-state index contributed by atoms with van der Waals surface area (Å²) >= 11 is 5.83. The van der Waals surface area contributed by atoms with Gasteiger partial charge in [0.15, 0.2) is 6.61 Å². The molecule has 2 aromatic carbocycles. The van der Waals surface area contributed by atoms with Gasteiger partial charge in [-0.1, -0.05) is 29.8 Å². The molecule has 1 aromatic heterocycles. The summed E-state index contributed by atoms with van der Waals surface area (Å²) in [7, 11) is 0. The fraction of sp³-hybridized carbons (Fsp3) is 0.158. The van der Waals surface area contributed by atoms with Crippen molar-refractivity contribution < 1.29 is 14.3 Å². The van der Waals surface area contributed by atoms with E-state index in [1.54, 1.807) is 48.5 Å². The van der Waals surface area contributed by atoms with Crippen LogP contribution in [-0.2, 0) is 20.7 Å². The van der Waals surface area contributed by atoms with E-state index in [0.717, 1.165) is 0 Å². The average Bonchev–Trinajstić information content (AvgIpc) is 2.65. The Hall–Kier alpha value is -3.19. The van der Waals surface area contributed by atoms with E-state index in [0.29, 0.717) is 27.4 Å². The predicted molar refractivity (Wildman–Crippen MR) is 102 cm³/mol. The molecule has 0 unspecified atom stereocenters. The zero-order chi connectivity index (χ0) is 19.2. The van der Waals surface area contributed by atoms with Crippen molar-refractivity contribution in [2.45, 2.75) is 12.8 Å². The summed E-state index contributed by atoms with van der Waals surface area (Å²) in [4.78, 5) is 42.6. The molecule has 3 aromatic rings. The zero-order valence-corrected chi connectivity index (χ0v) is 15.0. The van der Waals surface area contributed by atoms with Gasteiger partial charge in [-0.3, -0.25) is 14.4 Å². The van der Waals surface area contributed by atoms with Gasteiger partial charge in [0.05, 0.1) is 17.3 Å². The molecule has 138 valence electrons. The minimum absolute atomic E-state index is 0.00821. The lowest BCUT2D eigenvalue weighted by Crippen LogP contribution is -2.21. The van der Waals surface area contributed by atoms with Crippen LogP contribution in [0.1, 0.15) is 12.2 Å². The number of aromatic amines is 1. The molecule has 7 nitrogen and oxygen atoms in total. The molecular formula is C19H16ClN3O4. The van der Waals surface area contributed by atoms with Crippen LogP contribution in [0.3, 0.4) is 0 Å². The number of ether oxygens (including phenoxy) is 1. The summed E-state index contributed by atoms with van der Waals surface area (Å²) in [5.41, 5.74) is 0.817. The molecule has 27 heavy (non-hydrogen) atoms. The van der Waals surface area contributed by atoms with Gasteiger partial charge in [0.2, 0.25) is 0 Å². The number of fused-ring (bicyclic) bond motifs is 1. The van der Waals surface area contributed by atoms with Crippen LogP contribution in [0.15, 0.2) is 53.3 Å². The molecule has 0 aliphatic heterocycles. The Bertz CT molecular complexity index is 1050. The van der Waals surface area contributed by atoms with Crippen LogP contribution in [0.5, 0.6) is 0 Å². The number of aromatic nitrogens is 2. The third-order valence-corrected chi connectivity index (χ3v) is 3.94. The Labute approximate surface area is 159 Å². The maximum absolute atomic E-state index is 12.0. The van der Waals surface area contributed by atoms with E-state index in [2.05, 4.69) is 15.3 Å². The topological polar surface area (TPSA) is 101 Å². The number of hydrogen-bond donors (Lipinski definition) is 2. The Morgan fingerprint density at radius 2 is 1.96 bits per heavy atom. The standard InChI is InChI=1S/C19H16ClN3O4/c20-12-4-3-5-13(10-12)21-17(24)11-27-18(25)9-8-16-22-15-7-2-1-6-14(15)19(26)23-16/h1-7,10H,8-9,11H2,(H,21,24)(H,22,23,26). The fourth-order valence-corrected chi connectivity index (χ4v) is 2.65. The van der Waals surface area contributed by atoms with Crippen LogP contribution in [0.2, 0.25) is 5.02 Å². The van der Waals surface area contributed by atoms with Gasteiger partial charge in [-0.2, -0.15) is 0 Å². The Morgan fingerprint density at radius 1 is 1.15 bits per heavy atom. The van der Waals surface area contributed by atoms with Crippen molar-refractivity contribution in [3.05, 3.63) is 69.7 Å². The highest BCUT2D eigenvalue weighted by atomic mass is 35.5. The number of benzene rings is 2. The number of H-pyrrole nitrogens is 1. The maximum Gasteiger partial charge on any atom is 0.306 e. The summed E-state index contributed by atoms with van der Waals surface area (Å²) in [6, 6.07) is 13.6. The number of aryl methyl sites for hydroxylation is 1. The van der Waals surface area contributed by atoms with Gasteiger partial charge in [-0.15, -0.1) is 0 Å². The third kappa shape index (κ3) is 5.15. The molecule has 0 saturated carbocycles. The average molecular weight is 386 g/mol. The molecule has 0 aliphatic rings. The summed E-state index contributed by atoms with van der Waals surface area (Å²) in [5.74, 6) is -0.645. The monoisotopic (exact) mass is 385 g/mol. The highest BCUT2D eigenvalue weighted by molar-refractivity contribution is 6.30. The van der Waals surface area contributed by atoms with Crippen molar-refractivity contribution in [3.8, 4) is 0 Å². The SMILES string of the molecule is O=C(COC(=O)CCc1nc2ccccc2c(=O)[nH]1)Nc1cccc(Cl)c1. The smallest absolute Gasteiger partial charge is 0.306 e. The van der Waals surface area contributed by atoms with Crippen molar-refractivity contribution in [2.75, 3.05) is 11.9 Å². The largest absolute Gasteiger partial charge is 0.456 e. The molecule has 8 heteroatoms. The van der Waals surface area contributed by atoms with E-state index >= 15 is 0 Å². The number of amides is 1. The molecule has 0 atom stereocenters. The van der Waals surface area contributed by atoms with E-state index in [1.165, 1.54) is 0 Å². The normalized spacial score (nSPS) is 10.6. The van der Waals surface area contributed by atoms with Crippen molar-refractivity contribution in [2.24, 2.45) is 0 Å². The first-order chi connectivity index (χ1) is 13.0. The lowest BCUT2D eigenvalue weighted by Gasteiger charge is -2.07. The molecular weight excluding hydrogens is 370 g/mol. The van der Waals surface area contributed by atoms with Crippen molar-refractivity contribution in [1.29, 1.82) is 0 Å². The van der Waals surface area contributed by atoms with Crippen LogP contribution in [0, 0.1) is 0 Å². The first kappa shape index (κ1) is 18.6. The van der Waals surface area contributed by atoms with E-state index in [4.69, 9.17) is 16.3 Å². The molecule has 3 rings (SSSR count). The van der Waals surface area contributed by atoms with Crippen LogP contribution in [0.4, 0.5) is 5.69 Å². The number of hydrogen-bond acceptors (Lipinski definition) is 5. The quantitative estimate of drug-likeness (QED) is 0.635. The third-order valence-electron chi connectivity index (χ3n) is 3.70. The van der Waals surface area contributed by atoms with E-state index < -0.39 is 18.5 Å². The number of rotatable bonds is 6. The second-order valence-electron chi connectivity index (χ2n) is 5.75. The minimum atomic E-state index is -0.563. The van der Waals surface area contributed by atoms with Crippen LogP contribution in [0.25, 0.3) is 10.9 Å². The van der Waals surface area contributed by atoms with Crippen LogP contribution < -0.4 is 10.9 Å². The van der Waals surface area contributed by atoms with Gasteiger partial charge in [-0.05, 0) is 30.3 Å². The number of nitrogens with zero attached hydrogens (tertiary/aromatic N) is 1. The number of anilines is 1. The lowest BCUT2D eigenvalue weighted by atomic mass is 10.2. The molecule has 0 aliphatic carbocycles. The van der Waals surface area contributed by atoms with Crippen molar-refractivity contribution >= 4 is 40.1 Å². The summed E-state index contributed by atoms with van der Waals surface area (Å²) in [6.45, 7) is -0.410. The Balaban J connectivity index is 1.50. The molecule has 0 bridgehead atoms. The van der Waals surface area contributed by atoms with Crippen LogP contribution in [-0.4, -0.2) is 28.5 Å². The number of carbonyl (C=O) groups is 2. The van der Waals surface area contributed by atoms with E-state index in [1.807, 2.05) is 0 Å². The second kappa shape index (κ2) is 8.46. The molecule has 0 fully saturated rings. The fourth-order valence-electron chi connectivity index (χ4n) is 2.46. The molecule has 2 N–H and O–H groups in total. The molecule has 1 heterocycles. The summed E-state index contributed by atoms with van der Waals surface area (Å²) in [5, 5.41) is 3.55. The van der Waals surface area contributed by atoms with Gasteiger partial charge in [0.1, 0.15) is 5.82 Å². The predicted octanol–water partition coefficient (Wildman–Crippen LogP) is 2.69. The second-order valence-corrected chi connectivity index (χ2v) is 6.19. The Kier molecular flexibility index (Phi) is 5.83. The van der Waals surface area contributed by atoms with Gasteiger partial charge >= 0.3 is 5.97 Å². The zero-order valence-electron chi connectivity index (χ0n) is 14.2. The first-order valence-corrected chi connectivity index (χ1v) is 8.58. The first-order valence-electron chi connectivity index (χ1n) is 8.20. The number of halogens is 1. The highest BCUT2D eigenvalue weighted by Gasteiger charge is 2.10. The lowest BCUT2D eigenvalue weighted by molar-refractivity contribution is -0.147. The van der Waals surface area contributed by atoms with Crippen molar-refractivity contribution in [1.82, 2.24) is 9.97 Å². The summed E-state index contributed by atoms with van der Waals surface area (Å²) in [6.07, 6.45) is 0.195. The summed E-state index contributed by atoms with van der Waals surface area (Å²) < 4.78 is 4.94. The minimum Gasteiger partial charge on any atom is -0.456 e. The number of nitrogens with one attached hydrogen (secondary N) is 2. The number of carbonyl (C=O) groups excluding carboxylic acids is 2. The van der Waals surface area contributed by atoms with Crippen molar-refractivity contribution in [3.63, 3.8) is 0 Å². The van der Waals surface area contributed by atoms with Gasteiger partial charge in [0.25, 0.3) is 11.5 Å². The van der Waals surface area contributed by atoms with Crippen LogP contribution >= 0.6 is 11.6 Å². The van der Waals surface area contributed by atoms with E-state index in [9.17, 15) is 14.4 Å². The van der Waals surface area contributed by atoms with Gasteiger partial charge < -0.3 is 15.0 Å². The van der Waals surface area contributed by atoms with E-state index in [-0.39, 0.29) is 18.4 Å². The molecule has 0 spiro atoms.